The number of anilines is 1. The average molecular weight is 340 g/mol. The van der Waals surface area contributed by atoms with Gasteiger partial charge in [-0.15, -0.1) is 0 Å². The molecule has 2 fully saturated rings. The van der Waals surface area contributed by atoms with E-state index in [9.17, 15) is 9.18 Å². The summed E-state index contributed by atoms with van der Waals surface area (Å²) in [6.45, 7) is 4.31. The summed E-state index contributed by atoms with van der Waals surface area (Å²) in [7, 11) is 0. The standard InChI is InChI=1S/C19H21FN4O/c1-13-4-2-3-5-16(13)18(25)24-9-7-14-6-8-23(12-17(14)24)19-21-10-15(20)11-22-19/h2-5,10-11,14,17H,6-9,12H2,1H3. The zero-order valence-electron chi connectivity index (χ0n) is 14.2. The Labute approximate surface area is 146 Å². The molecule has 0 aliphatic carbocycles. The van der Waals surface area contributed by atoms with E-state index in [4.69, 9.17) is 0 Å². The number of benzene rings is 1. The van der Waals surface area contributed by atoms with Crippen LogP contribution in [0.25, 0.3) is 0 Å². The number of hydrogen-bond acceptors (Lipinski definition) is 4. The van der Waals surface area contributed by atoms with Crippen LogP contribution >= 0.6 is 0 Å². The van der Waals surface area contributed by atoms with Crippen LogP contribution in [-0.4, -0.2) is 46.5 Å². The number of hydrogen-bond donors (Lipinski definition) is 0. The number of carbonyl (C=O) groups excluding carboxylic acids is 1. The maximum Gasteiger partial charge on any atom is 0.254 e. The summed E-state index contributed by atoms with van der Waals surface area (Å²) in [4.78, 5) is 25.3. The van der Waals surface area contributed by atoms with Crippen molar-refractivity contribution in [1.82, 2.24) is 14.9 Å². The molecule has 4 rings (SSSR count). The van der Waals surface area contributed by atoms with Gasteiger partial charge in [0, 0.05) is 25.2 Å². The molecule has 0 N–H and O–H groups in total. The smallest absolute Gasteiger partial charge is 0.254 e. The van der Waals surface area contributed by atoms with Crippen LogP contribution < -0.4 is 4.90 Å². The number of carbonyl (C=O) groups is 1. The van der Waals surface area contributed by atoms with Crippen molar-refractivity contribution in [3.63, 3.8) is 0 Å². The lowest BCUT2D eigenvalue weighted by molar-refractivity contribution is 0.0711. The minimum Gasteiger partial charge on any atom is -0.339 e. The zero-order chi connectivity index (χ0) is 17.4. The highest BCUT2D eigenvalue weighted by atomic mass is 19.1. The normalized spacial score (nSPS) is 22.8. The van der Waals surface area contributed by atoms with Crippen molar-refractivity contribution in [2.75, 3.05) is 24.5 Å². The van der Waals surface area contributed by atoms with Gasteiger partial charge in [0.2, 0.25) is 5.95 Å². The summed E-state index contributed by atoms with van der Waals surface area (Å²) in [6, 6.07) is 7.89. The zero-order valence-corrected chi connectivity index (χ0v) is 14.2. The van der Waals surface area contributed by atoms with Crippen molar-refractivity contribution in [2.24, 2.45) is 5.92 Å². The van der Waals surface area contributed by atoms with E-state index in [1.54, 1.807) is 0 Å². The van der Waals surface area contributed by atoms with Crippen LogP contribution in [0.3, 0.4) is 0 Å². The van der Waals surface area contributed by atoms with Gasteiger partial charge in [-0.05, 0) is 37.3 Å². The molecule has 5 nitrogen and oxygen atoms in total. The van der Waals surface area contributed by atoms with E-state index in [0.717, 1.165) is 37.1 Å². The maximum atomic E-state index is 13.1. The van der Waals surface area contributed by atoms with E-state index in [-0.39, 0.29) is 11.9 Å². The Kier molecular flexibility index (Phi) is 4.11. The Balaban J connectivity index is 1.55. The van der Waals surface area contributed by atoms with E-state index < -0.39 is 5.82 Å². The summed E-state index contributed by atoms with van der Waals surface area (Å²) in [5.41, 5.74) is 1.78. The van der Waals surface area contributed by atoms with Gasteiger partial charge in [-0.2, -0.15) is 0 Å². The van der Waals surface area contributed by atoms with E-state index >= 15 is 0 Å². The number of nitrogens with zero attached hydrogens (tertiary/aromatic N) is 4. The van der Waals surface area contributed by atoms with Crippen LogP contribution in [0.2, 0.25) is 0 Å². The molecule has 3 heterocycles. The lowest BCUT2D eigenvalue weighted by Crippen LogP contribution is -2.50. The molecule has 25 heavy (non-hydrogen) atoms. The number of aromatic nitrogens is 2. The molecule has 1 amide bonds. The highest BCUT2D eigenvalue weighted by Crippen LogP contribution is 2.34. The van der Waals surface area contributed by atoms with Crippen molar-refractivity contribution >= 4 is 11.9 Å². The van der Waals surface area contributed by atoms with Gasteiger partial charge in [0.1, 0.15) is 0 Å². The molecule has 0 bridgehead atoms. The highest BCUT2D eigenvalue weighted by molar-refractivity contribution is 5.96. The van der Waals surface area contributed by atoms with Gasteiger partial charge in [0.25, 0.3) is 5.91 Å². The van der Waals surface area contributed by atoms with E-state index in [1.165, 1.54) is 12.4 Å². The van der Waals surface area contributed by atoms with E-state index in [0.29, 0.717) is 18.4 Å². The number of fused-ring (bicyclic) bond motifs is 1. The second kappa shape index (κ2) is 6.43. The lowest BCUT2D eigenvalue weighted by Gasteiger charge is -2.38. The molecule has 0 saturated carbocycles. The summed E-state index contributed by atoms with van der Waals surface area (Å²) in [6.07, 6.45) is 4.43. The predicted molar refractivity (Wildman–Crippen MR) is 92.9 cm³/mol. The second-order valence-electron chi connectivity index (χ2n) is 6.87. The van der Waals surface area contributed by atoms with Gasteiger partial charge in [-0.1, -0.05) is 18.2 Å². The molecular formula is C19H21FN4O. The fourth-order valence-electron chi connectivity index (χ4n) is 4.01. The molecule has 0 spiro atoms. The monoisotopic (exact) mass is 340 g/mol. The Hall–Kier alpha value is -2.50. The molecule has 1 aromatic heterocycles. The number of halogens is 1. The topological polar surface area (TPSA) is 49.3 Å². The van der Waals surface area contributed by atoms with Crippen molar-refractivity contribution in [1.29, 1.82) is 0 Å². The highest BCUT2D eigenvalue weighted by Gasteiger charge is 2.41. The van der Waals surface area contributed by atoms with Crippen LogP contribution in [0.1, 0.15) is 28.8 Å². The molecular weight excluding hydrogens is 319 g/mol. The number of rotatable bonds is 2. The second-order valence-corrected chi connectivity index (χ2v) is 6.87. The number of aryl methyl sites for hydroxylation is 1. The maximum absolute atomic E-state index is 13.1. The third-order valence-corrected chi connectivity index (χ3v) is 5.39. The predicted octanol–water partition coefficient (Wildman–Crippen LogP) is 2.67. The Morgan fingerprint density at radius 3 is 2.64 bits per heavy atom. The van der Waals surface area contributed by atoms with Gasteiger partial charge < -0.3 is 9.80 Å². The third kappa shape index (κ3) is 2.97. The fraction of sp³-hybridized carbons (Fsp3) is 0.421. The molecule has 2 unspecified atom stereocenters. The summed E-state index contributed by atoms with van der Waals surface area (Å²) < 4.78 is 13.1. The third-order valence-electron chi connectivity index (χ3n) is 5.39. The fourth-order valence-corrected chi connectivity index (χ4v) is 4.01. The molecule has 130 valence electrons. The molecule has 1 aromatic carbocycles. The molecule has 2 aromatic rings. The number of likely N-dealkylation sites (tertiary alicyclic amines) is 1. The van der Waals surface area contributed by atoms with Crippen LogP contribution in [0.4, 0.5) is 10.3 Å². The number of amides is 1. The van der Waals surface area contributed by atoms with Gasteiger partial charge >= 0.3 is 0 Å². The van der Waals surface area contributed by atoms with Crippen LogP contribution in [0.15, 0.2) is 36.7 Å². The molecule has 6 heteroatoms. The van der Waals surface area contributed by atoms with Crippen molar-refractivity contribution in [3.8, 4) is 0 Å². The van der Waals surface area contributed by atoms with Gasteiger partial charge in [-0.3, -0.25) is 4.79 Å². The summed E-state index contributed by atoms with van der Waals surface area (Å²) in [5.74, 6) is 0.725. The first-order valence-electron chi connectivity index (χ1n) is 8.72. The van der Waals surface area contributed by atoms with Gasteiger partial charge in [0.05, 0.1) is 18.4 Å². The average Bonchev–Trinajstić information content (AvgIpc) is 3.05. The summed E-state index contributed by atoms with van der Waals surface area (Å²) in [5, 5.41) is 0. The van der Waals surface area contributed by atoms with Gasteiger partial charge in [-0.25, -0.2) is 14.4 Å². The molecule has 2 atom stereocenters. The summed E-state index contributed by atoms with van der Waals surface area (Å²) >= 11 is 0. The van der Waals surface area contributed by atoms with Crippen LogP contribution in [0.5, 0.6) is 0 Å². The first-order valence-corrected chi connectivity index (χ1v) is 8.72. The minimum atomic E-state index is -0.434. The van der Waals surface area contributed by atoms with E-state index in [2.05, 4.69) is 14.9 Å². The Morgan fingerprint density at radius 1 is 1.16 bits per heavy atom. The Morgan fingerprint density at radius 2 is 1.88 bits per heavy atom. The molecule has 0 radical (unpaired) electrons. The lowest BCUT2D eigenvalue weighted by atomic mass is 9.92. The van der Waals surface area contributed by atoms with Crippen molar-refractivity contribution in [3.05, 3.63) is 53.6 Å². The van der Waals surface area contributed by atoms with E-state index in [1.807, 2.05) is 36.1 Å². The largest absolute Gasteiger partial charge is 0.339 e. The van der Waals surface area contributed by atoms with Gasteiger partial charge in [0.15, 0.2) is 5.82 Å². The minimum absolute atomic E-state index is 0.104. The van der Waals surface area contributed by atoms with Crippen LogP contribution in [0, 0.1) is 18.7 Å². The quantitative estimate of drug-likeness (QED) is 0.843. The van der Waals surface area contributed by atoms with Crippen LogP contribution in [-0.2, 0) is 0 Å². The first-order chi connectivity index (χ1) is 12.1. The van der Waals surface area contributed by atoms with Crippen molar-refractivity contribution < 1.29 is 9.18 Å². The Bertz CT molecular complexity index is 779. The molecule has 2 saturated heterocycles. The SMILES string of the molecule is Cc1ccccc1C(=O)N1CCC2CCN(c3ncc(F)cn3)CC21. The van der Waals surface area contributed by atoms with Crippen molar-refractivity contribution in [2.45, 2.75) is 25.8 Å². The molecule has 2 aliphatic rings. The first kappa shape index (κ1) is 16.0. The number of piperidine rings is 1. The molecule has 2 aliphatic heterocycles.